The maximum Gasteiger partial charge on any atom is 0.332 e. The molecule has 0 N–H and O–H groups in total. The number of fused-ring (bicyclic) bond motifs is 1. The number of nitrogens with zero attached hydrogens (tertiary/aromatic N) is 10. The fourth-order valence-corrected chi connectivity index (χ4v) is 4.32. The number of aryl methyl sites for hydroxylation is 1. The summed E-state index contributed by atoms with van der Waals surface area (Å²) in [6, 6.07) is 11.2. The summed E-state index contributed by atoms with van der Waals surface area (Å²) >= 11 is 0. The zero-order valence-corrected chi connectivity index (χ0v) is 22.6. The Balaban J connectivity index is 1.29. The molecule has 6 aromatic rings. The third-order valence-electron chi connectivity index (χ3n) is 6.36. The van der Waals surface area contributed by atoms with E-state index < -0.39 is 11.2 Å². The molecule has 42 heavy (non-hydrogen) atoms. The van der Waals surface area contributed by atoms with Crippen molar-refractivity contribution in [2.45, 2.75) is 13.1 Å². The van der Waals surface area contributed by atoms with E-state index in [-0.39, 0.29) is 6.54 Å². The summed E-state index contributed by atoms with van der Waals surface area (Å²) in [6.45, 7) is 0.642. The van der Waals surface area contributed by atoms with Crippen LogP contribution < -0.4 is 11.2 Å². The molecule has 0 fully saturated rings. The Morgan fingerprint density at radius 1 is 0.833 bits per heavy atom. The Morgan fingerprint density at radius 3 is 2.12 bits per heavy atom. The molecule has 0 aliphatic heterocycles. The van der Waals surface area contributed by atoms with Crippen LogP contribution in [-0.2, 0) is 27.2 Å². The lowest BCUT2D eigenvalue weighted by Crippen LogP contribution is -2.37. The van der Waals surface area contributed by atoms with E-state index in [0.29, 0.717) is 34.8 Å². The lowest BCUT2D eigenvalue weighted by molar-refractivity contribution is 0.648. The lowest BCUT2D eigenvalue weighted by atomic mass is 10.1. The van der Waals surface area contributed by atoms with Crippen molar-refractivity contribution in [3.8, 4) is 23.7 Å². The highest BCUT2D eigenvalue weighted by Crippen LogP contribution is 2.11. The maximum atomic E-state index is 12.8. The van der Waals surface area contributed by atoms with Gasteiger partial charge in [-0.15, -0.1) is 5.10 Å². The van der Waals surface area contributed by atoms with Crippen LogP contribution >= 0.6 is 0 Å². The second kappa shape index (κ2) is 11.2. The summed E-state index contributed by atoms with van der Waals surface area (Å²) < 4.78 is 5.76. The predicted octanol–water partition coefficient (Wildman–Crippen LogP) is 1.11. The van der Waals surface area contributed by atoms with Gasteiger partial charge in [0.2, 0.25) is 0 Å². The van der Waals surface area contributed by atoms with Crippen molar-refractivity contribution in [1.29, 1.82) is 0 Å². The van der Waals surface area contributed by atoms with E-state index in [1.165, 1.54) is 17.9 Å². The van der Waals surface area contributed by atoms with E-state index in [1.807, 2.05) is 36.4 Å². The SMILES string of the molecule is Cn1c(=O)c2c(ncn2Cc2cn(Cc3cc(C#Cc4cccnc4)nc(C#Cc4cccnc4)c3)nn2)n(C)c1=O. The van der Waals surface area contributed by atoms with Gasteiger partial charge in [0.05, 0.1) is 25.6 Å². The molecule has 0 aliphatic rings. The monoisotopic (exact) mass is 554 g/mol. The topological polar surface area (TPSA) is 131 Å². The van der Waals surface area contributed by atoms with Gasteiger partial charge in [0, 0.05) is 50.0 Å². The molecule has 0 aliphatic carbocycles. The van der Waals surface area contributed by atoms with Crippen LogP contribution in [0, 0.1) is 23.7 Å². The highest BCUT2D eigenvalue weighted by atomic mass is 16.2. The fraction of sp³-hybridized carbons (Fsp3) is 0.133. The first-order chi connectivity index (χ1) is 20.4. The van der Waals surface area contributed by atoms with Gasteiger partial charge in [-0.05, 0) is 53.8 Å². The Kier molecular flexibility index (Phi) is 6.93. The van der Waals surface area contributed by atoms with Gasteiger partial charge in [-0.3, -0.25) is 23.9 Å². The van der Waals surface area contributed by atoms with Crippen LogP contribution in [0.25, 0.3) is 11.2 Å². The summed E-state index contributed by atoms with van der Waals surface area (Å²) in [4.78, 5) is 42.1. The van der Waals surface area contributed by atoms with Crippen LogP contribution in [0.3, 0.4) is 0 Å². The van der Waals surface area contributed by atoms with Gasteiger partial charge in [-0.25, -0.2) is 19.4 Å². The van der Waals surface area contributed by atoms with Gasteiger partial charge in [0.25, 0.3) is 5.56 Å². The standard InChI is InChI=1S/C30H22N10O2/c1-37-28-27(29(41)38(2)30(37)42)39(20-33-28)18-26-19-40(36-35-26)17-23-13-24(9-7-21-5-3-11-31-15-21)34-25(14-23)10-8-22-6-4-12-32-16-22/h3-6,11-16,19-20H,17-18H2,1-2H3. The largest absolute Gasteiger partial charge is 0.332 e. The van der Waals surface area contributed by atoms with Crippen molar-refractivity contribution in [1.82, 2.24) is 48.6 Å². The van der Waals surface area contributed by atoms with Crippen LogP contribution in [0.5, 0.6) is 0 Å². The summed E-state index contributed by atoms with van der Waals surface area (Å²) in [5.41, 5.74) is 3.92. The quantitative estimate of drug-likeness (QED) is 0.296. The molecule has 0 radical (unpaired) electrons. The molecule has 0 aromatic carbocycles. The molecular formula is C30H22N10O2. The molecule has 204 valence electrons. The summed E-state index contributed by atoms with van der Waals surface area (Å²) in [7, 11) is 3.02. The zero-order valence-electron chi connectivity index (χ0n) is 22.6. The zero-order chi connectivity index (χ0) is 29.1. The van der Waals surface area contributed by atoms with Crippen molar-refractivity contribution in [2.75, 3.05) is 0 Å². The molecule has 12 nitrogen and oxygen atoms in total. The third kappa shape index (κ3) is 5.46. The van der Waals surface area contributed by atoms with Crippen LogP contribution in [0.1, 0.15) is 33.8 Å². The first kappa shape index (κ1) is 26.1. The molecule has 6 rings (SSSR count). The minimum atomic E-state index is -0.435. The van der Waals surface area contributed by atoms with Crippen molar-refractivity contribution in [3.63, 3.8) is 0 Å². The highest BCUT2D eigenvalue weighted by Gasteiger charge is 2.15. The maximum absolute atomic E-state index is 12.8. The number of aromatic nitrogens is 10. The van der Waals surface area contributed by atoms with Gasteiger partial charge in [0.15, 0.2) is 11.2 Å². The molecular weight excluding hydrogens is 532 g/mol. The van der Waals surface area contributed by atoms with Crippen molar-refractivity contribution in [3.05, 3.63) is 128 Å². The Labute approximate surface area is 239 Å². The molecule has 0 atom stereocenters. The third-order valence-corrected chi connectivity index (χ3v) is 6.36. The molecule has 6 aromatic heterocycles. The number of hydrogen-bond donors (Lipinski definition) is 0. The summed E-state index contributed by atoms with van der Waals surface area (Å²) in [5, 5.41) is 8.56. The van der Waals surface area contributed by atoms with Crippen LogP contribution in [-0.4, -0.2) is 48.6 Å². The average molecular weight is 555 g/mol. The van der Waals surface area contributed by atoms with Gasteiger partial charge >= 0.3 is 5.69 Å². The van der Waals surface area contributed by atoms with E-state index in [2.05, 4.69) is 53.9 Å². The molecule has 0 unspecified atom stereocenters. The first-order valence-electron chi connectivity index (χ1n) is 12.8. The van der Waals surface area contributed by atoms with E-state index >= 15 is 0 Å². The minimum Gasteiger partial charge on any atom is -0.318 e. The molecule has 0 bridgehead atoms. The smallest absolute Gasteiger partial charge is 0.318 e. The predicted molar refractivity (Wildman–Crippen MR) is 153 cm³/mol. The number of imidazole rings is 1. The van der Waals surface area contributed by atoms with E-state index in [0.717, 1.165) is 21.3 Å². The van der Waals surface area contributed by atoms with Crippen LogP contribution in [0.2, 0.25) is 0 Å². The Bertz CT molecular complexity index is 2090. The average Bonchev–Trinajstić information content (AvgIpc) is 3.65. The van der Waals surface area contributed by atoms with Crippen molar-refractivity contribution < 1.29 is 0 Å². The summed E-state index contributed by atoms with van der Waals surface area (Å²) in [5.74, 6) is 12.4. The van der Waals surface area contributed by atoms with Gasteiger partial charge < -0.3 is 4.57 Å². The first-order valence-corrected chi connectivity index (χ1v) is 12.8. The number of pyridine rings is 3. The second-order valence-electron chi connectivity index (χ2n) is 9.39. The molecule has 0 saturated carbocycles. The highest BCUT2D eigenvalue weighted by molar-refractivity contribution is 5.70. The molecule has 0 amide bonds. The van der Waals surface area contributed by atoms with Gasteiger partial charge in [-0.2, -0.15) is 0 Å². The van der Waals surface area contributed by atoms with E-state index in [4.69, 9.17) is 0 Å². The molecule has 0 spiro atoms. The second-order valence-corrected chi connectivity index (χ2v) is 9.39. The van der Waals surface area contributed by atoms with Crippen molar-refractivity contribution >= 4 is 11.2 Å². The molecule has 6 heterocycles. The number of hydrogen-bond acceptors (Lipinski definition) is 8. The van der Waals surface area contributed by atoms with E-state index in [1.54, 1.807) is 47.3 Å². The summed E-state index contributed by atoms with van der Waals surface area (Å²) in [6.07, 6.45) is 10.1. The van der Waals surface area contributed by atoms with Gasteiger partial charge in [-0.1, -0.05) is 17.1 Å². The Morgan fingerprint density at radius 2 is 1.50 bits per heavy atom. The van der Waals surface area contributed by atoms with Crippen LogP contribution in [0.4, 0.5) is 0 Å². The van der Waals surface area contributed by atoms with Gasteiger partial charge in [0.1, 0.15) is 17.1 Å². The normalized spacial score (nSPS) is 10.6. The van der Waals surface area contributed by atoms with Crippen LogP contribution in [0.15, 0.2) is 83.3 Å². The fourth-order valence-electron chi connectivity index (χ4n) is 4.32. The minimum absolute atomic E-state index is 0.254. The molecule has 0 saturated heterocycles. The molecule has 12 heteroatoms. The van der Waals surface area contributed by atoms with Crippen molar-refractivity contribution in [2.24, 2.45) is 14.1 Å². The number of rotatable bonds is 4. The van der Waals surface area contributed by atoms with E-state index in [9.17, 15) is 9.59 Å². The lowest BCUT2D eigenvalue weighted by Gasteiger charge is -2.05. The Hall–Kier alpha value is -6.14.